The monoisotopic (exact) mass is 397 g/mol. The van der Waals surface area contributed by atoms with E-state index < -0.39 is 18.1 Å². The minimum absolute atomic E-state index is 0.187. The molecule has 0 amide bonds. The highest BCUT2D eigenvalue weighted by Crippen LogP contribution is 2.33. The molecule has 1 saturated carbocycles. The van der Waals surface area contributed by atoms with Gasteiger partial charge in [0.1, 0.15) is 17.7 Å². The molecule has 0 saturated heterocycles. The lowest BCUT2D eigenvalue weighted by Gasteiger charge is -2.29. The summed E-state index contributed by atoms with van der Waals surface area (Å²) < 4.78 is 46.8. The summed E-state index contributed by atoms with van der Waals surface area (Å²) in [7, 11) is 0. The van der Waals surface area contributed by atoms with Crippen LogP contribution in [0.2, 0.25) is 0 Å². The zero-order valence-electron chi connectivity index (χ0n) is 15.4. The van der Waals surface area contributed by atoms with E-state index in [1.807, 2.05) is 6.92 Å². The molecular formula is C19H22F3N3O3. The van der Waals surface area contributed by atoms with E-state index >= 15 is 0 Å². The lowest BCUT2D eigenvalue weighted by Crippen LogP contribution is -2.32. The molecule has 2 aromatic rings. The molecule has 1 atom stereocenters. The number of aliphatic hydroxyl groups is 1. The largest absolute Gasteiger partial charge is 0.522 e. The highest BCUT2D eigenvalue weighted by Gasteiger charge is 2.36. The number of nitrogens with zero attached hydrogens (tertiary/aromatic N) is 3. The first-order valence-electron chi connectivity index (χ1n) is 9.16. The van der Waals surface area contributed by atoms with Gasteiger partial charge >= 0.3 is 6.36 Å². The van der Waals surface area contributed by atoms with Crippen LogP contribution in [0.3, 0.4) is 0 Å². The molecule has 1 unspecified atom stereocenters. The molecule has 0 aromatic carbocycles. The molecule has 1 aliphatic rings. The first-order valence-corrected chi connectivity index (χ1v) is 9.16. The fourth-order valence-electron chi connectivity index (χ4n) is 3.39. The van der Waals surface area contributed by atoms with Crippen molar-refractivity contribution < 1.29 is 27.8 Å². The van der Waals surface area contributed by atoms with E-state index in [0.717, 1.165) is 0 Å². The minimum Gasteiger partial charge on any atom is -0.489 e. The van der Waals surface area contributed by atoms with Crippen molar-refractivity contribution in [3.05, 3.63) is 48.3 Å². The van der Waals surface area contributed by atoms with Crippen LogP contribution in [0.15, 0.2) is 37.1 Å². The summed E-state index contributed by atoms with van der Waals surface area (Å²) in [6, 6.07) is 3.37. The molecule has 28 heavy (non-hydrogen) atoms. The van der Waals surface area contributed by atoms with Gasteiger partial charge in [-0.25, -0.2) is 9.97 Å². The van der Waals surface area contributed by atoms with Gasteiger partial charge in [0.05, 0.1) is 24.1 Å². The van der Waals surface area contributed by atoms with Crippen LogP contribution in [0.5, 0.6) is 5.75 Å². The number of ether oxygens (including phenoxy) is 2. The van der Waals surface area contributed by atoms with E-state index in [1.165, 1.54) is 12.5 Å². The second-order valence-corrected chi connectivity index (χ2v) is 6.80. The summed E-state index contributed by atoms with van der Waals surface area (Å²) >= 11 is 0. The van der Waals surface area contributed by atoms with Crippen LogP contribution < -0.4 is 4.74 Å². The van der Waals surface area contributed by atoms with Crippen molar-refractivity contribution in [2.24, 2.45) is 0 Å². The van der Waals surface area contributed by atoms with Gasteiger partial charge in [-0.05, 0) is 44.2 Å². The van der Waals surface area contributed by atoms with Crippen LogP contribution in [0.1, 0.15) is 50.3 Å². The molecule has 9 heteroatoms. The van der Waals surface area contributed by atoms with E-state index in [9.17, 15) is 18.3 Å². The van der Waals surface area contributed by atoms with Gasteiger partial charge in [0.15, 0.2) is 0 Å². The standard InChI is InChI=1S/C19H22F3N3O3/c1-2-18(26,13-9-23-12-24-10-13)17-8-7-16(11-25-17)27-14-3-5-15(6-4-14)28-19(20,21)22/h7-12,14-15,26H,2-6H2,1H3. The molecule has 2 heterocycles. The second kappa shape index (κ2) is 8.40. The van der Waals surface area contributed by atoms with Crippen LogP contribution in [-0.4, -0.2) is 38.6 Å². The first kappa shape index (κ1) is 20.5. The van der Waals surface area contributed by atoms with Crippen molar-refractivity contribution >= 4 is 0 Å². The van der Waals surface area contributed by atoms with Crippen LogP contribution in [-0.2, 0) is 10.3 Å². The average molecular weight is 397 g/mol. The number of rotatable bonds is 6. The van der Waals surface area contributed by atoms with E-state index in [1.54, 1.807) is 24.5 Å². The number of hydrogen-bond acceptors (Lipinski definition) is 6. The molecular weight excluding hydrogens is 375 g/mol. The van der Waals surface area contributed by atoms with Crippen molar-refractivity contribution in [2.75, 3.05) is 0 Å². The fourth-order valence-corrected chi connectivity index (χ4v) is 3.39. The molecule has 2 aromatic heterocycles. The van der Waals surface area contributed by atoms with Crippen LogP contribution in [0.4, 0.5) is 13.2 Å². The smallest absolute Gasteiger partial charge is 0.489 e. The van der Waals surface area contributed by atoms with Crippen molar-refractivity contribution in [1.82, 2.24) is 15.0 Å². The molecule has 3 rings (SSSR count). The lowest BCUT2D eigenvalue weighted by molar-refractivity contribution is -0.346. The van der Waals surface area contributed by atoms with Crippen LogP contribution in [0, 0.1) is 0 Å². The van der Waals surface area contributed by atoms with E-state index in [-0.39, 0.29) is 6.10 Å². The summed E-state index contributed by atoms with van der Waals surface area (Å²) in [4.78, 5) is 12.2. The predicted molar refractivity (Wildman–Crippen MR) is 93.4 cm³/mol. The first-order chi connectivity index (χ1) is 13.3. The maximum Gasteiger partial charge on any atom is 0.522 e. The van der Waals surface area contributed by atoms with Gasteiger partial charge in [0.2, 0.25) is 0 Å². The fraction of sp³-hybridized carbons (Fsp3) is 0.526. The molecule has 0 aliphatic heterocycles. The van der Waals surface area contributed by atoms with Gasteiger partial charge in [0.25, 0.3) is 0 Å². The molecule has 6 nitrogen and oxygen atoms in total. The van der Waals surface area contributed by atoms with Crippen molar-refractivity contribution in [3.8, 4) is 5.75 Å². The van der Waals surface area contributed by atoms with Crippen molar-refractivity contribution in [3.63, 3.8) is 0 Å². The molecule has 0 spiro atoms. The van der Waals surface area contributed by atoms with Gasteiger partial charge < -0.3 is 9.84 Å². The number of halogens is 3. The summed E-state index contributed by atoms with van der Waals surface area (Å²) in [5.41, 5.74) is -0.326. The zero-order valence-corrected chi connectivity index (χ0v) is 15.4. The van der Waals surface area contributed by atoms with Gasteiger partial charge in [-0.3, -0.25) is 9.72 Å². The summed E-state index contributed by atoms with van der Waals surface area (Å²) in [6.45, 7) is 1.83. The van der Waals surface area contributed by atoms with Crippen LogP contribution >= 0.6 is 0 Å². The maximum absolute atomic E-state index is 12.3. The number of pyridine rings is 1. The van der Waals surface area contributed by atoms with E-state index in [4.69, 9.17) is 4.74 Å². The van der Waals surface area contributed by atoms with E-state index in [0.29, 0.717) is 49.1 Å². The maximum atomic E-state index is 12.3. The predicted octanol–water partition coefficient (Wildman–Crippen LogP) is 3.74. The minimum atomic E-state index is -4.60. The molecule has 1 fully saturated rings. The second-order valence-electron chi connectivity index (χ2n) is 6.80. The zero-order chi connectivity index (χ0) is 20.2. The summed E-state index contributed by atoms with van der Waals surface area (Å²) in [5, 5.41) is 11.0. The lowest BCUT2D eigenvalue weighted by atomic mass is 9.89. The number of alkyl halides is 3. The van der Waals surface area contributed by atoms with Crippen molar-refractivity contribution in [2.45, 2.75) is 63.2 Å². The van der Waals surface area contributed by atoms with Crippen LogP contribution in [0.25, 0.3) is 0 Å². The summed E-state index contributed by atoms with van der Waals surface area (Å²) in [6.07, 6.45) is 2.31. The van der Waals surface area contributed by atoms with Gasteiger partial charge in [-0.15, -0.1) is 13.2 Å². The molecule has 152 valence electrons. The highest BCUT2D eigenvalue weighted by molar-refractivity contribution is 5.31. The third-order valence-corrected chi connectivity index (χ3v) is 4.93. The summed E-state index contributed by atoms with van der Waals surface area (Å²) in [5.74, 6) is 0.506. The Balaban J connectivity index is 1.61. The molecule has 1 aliphatic carbocycles. The van der Waals surface area contributed by atoms with E-state index in [2.05, 4.69) is 19.7 Å². The third kappa shape index (κ3) is 4.96. The molecule has 0 bridgehead atoms. The van der Waals surface area contributed by atoms with Gasteiger partial charge in [-0.2, -0.15) is 0 Å². The quantitative estimate of drug-likeness (QED) is 0.800. The molecule has 1 N–H and O–H groups in total. The highest BCUT2D eigenvalue weighted by atomic mass is 19.4. The van der Waals surface area contributed by atoms with Gasteiger partial charge in [-0.1, -0.05) is 6.92 Å². The Hall–Kier alpha value is -2.26. The Morgan fingerprint density at radius 1 is 1.04 bits per heavy atom. The van der Waals surface area contributed by atoms with Crippen molar-refractivity contribution in [1.29, 1.82) is 0 Å². The Morgan fingerprint density at radius 2 is 1.68 bits per heavy atom. The normalized spacial score (nSPS) is 22.5. The van der Waals surface area contributed by atoms with Gasteiger partial charge in [0, 0.05) is 18.0 Å². The average Bonchev–Trinajstić information content (AvgIpc) is 2.69. The Labute approximate surface area is 160 Å². The Morgan fingerprint density at radius 3 is 2.21 bits per heavy atom. The topological polar surface area (TPSA) is 77.4 Å². The SMILES string of the molecule is CCC(O)(c1cncnc1)c1ccc(OC2CCC(OC(F)(F)F)CC2)cn1. The Bertz CT molecular complexity index is 751. The number of aromatic nitrogens is 3. The number of hydrogen-bond donors (Lipinski definition) is 1. The third-order valence-electron chi connectivity index (χ3n) is 4.93. The molecule has 0 radical (unpaired) electrons. The Kier molecular flexibility index (Phi) is 6.14.